The van der Waals surface area contributed by atoms with Gasteiger partial charge in [-0.25, -0.2) is 9.59 Å². The van der Waals surface area contributed by atoms with Crippen molar-refractivity contribution < 1.29 is 19.1 Å². The molecule has 0 atom stereocenters. The smallest absolute Gasteiger partial charge is 0.412 e. The average molecular weight is 407 g/mol. The van der Waals surface area contributed by atoms with Crippen LogP contribution in [-0.2, 0) is 15.9 Å². The minimum Gasteiger partial charge on any atom is -0.465 e. The molecular formula is C23H21NO4S. The van der Waals surface area contributed by atoms with Gasteiger partial charge in [0.2, 0.25) is 0 Å². The van der Waals surface area contributed by atoms with Gasteiger partial charge in [-0.15, -0.1) is 11.3 Å². The third-order valence-corrected chi connectivity index (χ3v) is 6.29. The summed E-state index contributed by atoms with van der Waals surface area (Å²) in [7, 11) is 1.32. The van der Waals surface area contributed by atoms with E-state index in [0.29, 0.717) is 10.6 Å². The molecule has 4 rings (SSSR count). The van der Waals surface area contributed by atoms with Crippen molar-refractivity contribution in [1.82, 2.24) is 0 Å². The number of carbonyl (C=O) groups excluding carboxylic acids is 2. The standard InChI is InChI=1S/C23H21NO4S/c1-3-14-12-19(22(25)27-2)21(29-14)24-23(26)28-13-20-17-10-6-4-8-15(17)16-9-5-7-11-18(16)20/h4-12,20H,3,13H2,1-2H3,(H,24,26). The summed E-state index contributed by atoms with van der Waals surface area (Å²) in [5.41, 5.74) is 5.01. The van der Waals surface area contributed by atoms with E-state index in [9.17, 15) is 9.59 Å². The average Bonchev–Trinajstić information content (AvgIpc) is 3.30. The van der Waals surface area contributed by atoms with E-state index in [-0.39, 0.29) is 12.5 Å². The third-order valence-electron chi connectivity index (χ3n) is 5.10. The molecule has 1 aliphatic carbocycles. The summed E-state index contributed by atoms with van der Waals surface area (Å²) in [4.78, 5) is 25.4. The maximum Gasteiger partial charge on any atom is 0.412 e. The number of carbonyl (C=O) groups is 2. The lowest BCUT2D eigenvalue weighted by atomic mass is 9.98. The molecule has 1 heterocycles. The molecule has 0 bridgehead atoms. The van der Waals surface area contributed by atoms with Gasteiger partial charge in [0.15, 0.2) is 0 Å². The first kappa shape index (κ1) is 19.2. The first-order chi connectivity index (χ1) is 14.1. The molecule has 0 saturated carbocycles. The molecule has 1 aliphatic rings. The zero-order chi connectivity index (χ0) is 20.4. The summed E-state index contributed by atoms with van der Waals surface area (Å²) < 4.78 is 10.4. The number of thiophene rings is 1. The summed E-state index contributed by atoms with van der Waals surface area (Å²) in [5.74, 6) is -0.488. The van der Waals surface area contributed by atoms with Gasteiger partial charge in [-0.2, -0.15) is 0 Å². The number of anilines is 1. The van der Waals surface area contributed by atoms with E-state index in [1.807, 2.05) is 31.2 Å². The monoisotopic (exact) mass is 407 g/mol. The zero-order valence-electron chi connectivity index (χ0n) is 16.2. The van der Waals surface area contributed by atoms with Crippen molar-refractivity contribution in [3.8, 4) is 11.1 Å². The van der Waals surface area contributed by atoms with Crippen LogP contribution in [0.25, 0.3) is 11.1 Å². The molecule has 3 aromatic rings. The highest BCUT2D eigenvalue weighted by molar-refractivity contribution is 7.16. The molecule has 2 aromatic carbocycles. The lowest BCUT2D eigenvalue weighted by Crippen LogP contribution is -2.18. The van der Waals surface area contributed by atoms with E-state index in [1.165, 1.54) is 29.6 Å². The van der Waals surface area contributed by atoms with Crippen molar-refractivity contribution in [1.29, 1.82) is 0 Å². The van der Waals surface area contributed by atoms with Crippen LogP contribution >= 0.6 is 11.3 Å². The van der Waals surface area contributed by atoms with Crippen LogP contribution in [0.3, 0.4) is 0 Å². The van der Waals surface area contributed by atoms with E-state index < -0.39 is 12.1 Å². The van der Waals surface area contributed by atoms with Gasteiger partial charge in [-0.1, -0.05) is 55.5 Å². The number of hydrogen-bond donors (Lipinski definition) is 1. The molecule has 0 saturated heterocycles. The highest BCUT2D eigenvalue weighted by Gasteiger charge is 2.29. The molecule has 0 unspecified atom stereocenters. The van der Waals surface area contributed by atoms with Gasteiger partial charge in [-0.3, -0.25) is 5.32 Å². The number of benzene rings is 2. The Balaban J connectivity index is 1.50. The van der Waals surface area contributed by atoms with Crippen molar-refractivity contribution in [3.05, 3.63) is 76.2 Å². The van der Waals surface area contributed by atoms with E-state index in [4.69, 9.17) is 9.47 Å². The van der Waals surface area contributed by atoms with Crippen LogP contribution in [0.1, 0.15) is 39.2 Å². The first-order valence-corrected chi connectivity index (χ1v) is 10.3. The third kappa shape index (κ3) is 3.63. The minimum atomic E-state index is -0.582. The summed E-state index contributed by atoms with van der Waals surface area (Å²) in [6.07, 6.45) is 0.183. The Morgan fingerprint density at radius 1 is 1.03 bits per heavy atom. The minimum absolute atomic E-state index is 0.0113. The van der Waals surface area contributed by atoms with Crippen LogP contribution in [0.15, 0.2) is 54.6 Å². The van der Waals surface area contributed by atoms with Crippen molar-refractivity contribution in [2.45, 2.75) is 19.3 Å². The molecule has 0 fully saturated rings. The fraction of sp³-hybridized carbons (Fsp3) is 0.217. The zero-order valence-corrected chi connectivity index (χ0v) is 17.0. The quantitative estimate of drug-likeness (QED) is 0.571. The van der Waals surface area contributed by atoms with Gasteiger partial charge in [0.1, 0.15) is 11.6 Å². The molecule has 29 heavy (non-hydrogen) atoms. The van der Waals surface area contributed by atoms with Gasteiger partial charge in [-0.05, 0) is 34.7 Å². The number of methoxy groups -OCH3 is 1. The van der Waals surface area contributed by atoms with Crippen molar-refractivity contribution >= 4 is 28.4 Å². The van der Waals surface area contributed by atoms with Gasteiger partial charge < -0.3 is 9.47 Å². The van der Waals surface area contributed by atoms with E-state index in [1.54, 1.807) is 6.07 Å². The summed E-state index contributed by atoms with van der Waals surface area (Å²) in [6.45, 7) is 2.21. The van der Waals surface area contributed by atoms with Gasteiger partial charge in [0.25, 0.3) is 0 Å². The Bertz CT molecular complexity index is 1030. The second-order valence-electron chi connectivity index (χ2n) is 6.75. The lowest BCUT2D eigenvalue weighted by Gasteiger charge is -2.14. The van der Waals surface area contributed by atoms with E-state index >= 15 is 0 Å². The summed E-state index contributed by atoms with van der Waals surface area (Å²) in [5, 5.41) is 3.16. The number of esters is 1. The van der Waals surface area contributed by atoms with Gasteiger partial charge >= 0.3 is 12.1 Å². The predicted molar refractivity (Wildman–Crippen MR) is 114 cm³/mol. The summed E-state index contributed by atoms with van der Waals surface area (Å²) in [6, 6.07) is 18.1. The number of nitrogens with one attached hydrogen (secondary N) is 1. The van der Waals surface area contributed by atoms with Crippen LogP contribution in [0.4, 0.5) is 9.80 Å². The number of amides is 1. The second kappa shape index (κ2) is 8.09. The largest absolute Gasteiger partial charge is 0.465 e. The van der Waals surface area contributed by atoms with Crippen molar-refractivity contribution in [2.24, 2.45) is 0 Å². The predicted octanol–water partition coefficient (Wildman–Crippen LogP) is 5.46. The number of ether oxygens (including phenoxy) is 2. The molecule has 0 spiro atoms. The van der Waals surface area contributed by atoms with E-state index in [0.717, 1.165) is 22.4 Å². The van der Waals surface area contributed by atoms with Crippen LogP contribution < -0.4 is 5.32 Å². The number of fused-ring (bicyclic) bond motifs is 3. The molecule has 6 heteroatoms. The fourth-order valence-electron chi connectivity index (χ4n) is 3.70. The number of aryl methyl sites for hydroxylation is 1. The molecule has 1 aromatic heterocycles. The molecule has 1 amide bonds. The van der Waals surface area contributed by atoms with Crippen LogP contribution in [0, 0.1) is 0 Å². The van der Waals surface area contributed by atoms with Crippen molar-refractivity contribution in [3.63, 3.8) is 0 Å². The van der Waals surface area contributed by atoms with E-state index in [2.05, 4.69) is 29.6 Å². The molecule has 0 radical (unpaired) electrons. The van der Waals surface area contributed by atoms with Gasteiger partial charge in [0, 0.05) is 10.8 Å². The SMILES string of the molecule is CCc1cc(C(=O)OC)c(NC(=O)OCC2c3ccccc3-c3ccccc32)s1. The number of rotatable bonds is 5. The number of hydrogen-bond acceptors (Lipinski definition) is 5. The Morgan fingerprint density at radius 3 is 2.24 bits per heavy atom. The van der Waals surface area contributed by atoms with Crippen LogP contribution in [0.5, 0.6) is 0 Å². The molecule has 1 N–H and O–H groups in total. The normalized spacial score (nSPS) is 12.2. The van der Waals surface area contributed by atoms with Crippen LogP contribution in [-0.4, -0.2) is 25.8 Å². The van der Waals surface area contributed by atoms with Crippen molar-refractivity contribution in [2.75, 3.05) is 19.0 Å². The Kier molecular flexibility index (Phi) is 5.36. The van der Waals surface area contributed by atoms with Gasteiger partial charge in [0.05, 0.1) is 12.7 Å². The Morgan fingerprint density at radius 2 is 1.66 bits per heavy atom. The fourth-order valence-corrected chi connectivity index (χ4v) is 4.67. The van der Waals surface area contributed by atoms with Crippen LogP contribution in [0.2, 0.25) is 0 Å². The Hall–Kier alpha value is -3.12. The maximum atomic E-state index is 12.5. The summed E-state index contributed by atoms with van der Waals surface area (Å²) >= 11 is 1.35. The highest BCUT2D eigenvalue weighted by Crippen LogP contribution is 2.44. The lowest BCUT2D eigenvalue weighted by molar-refractivity contribution is 0.0602. The first-order valence-electron chi connectivity index (χ1n) is 9.45. The molecular weight excluding hydrogens is 386 g/mol. The highest BCUT2D eigenvalue weighted by atomic mass is 32.1. The second-order valence-corrected chi connectivity index (χ2v) is 7.89. The maximum absolute atomic E-state index is 12.5. The molecule has 5 nitrogen and oxygen atoms in total. The molecule has 148 valence electrons. The Labute approximate surface area is 173 Å². The topological polar surface area (TPSA) is 64.6 Å². The molecule has 0 aliphatic heterocycles.